The molecule has 0 bridgehead atoms. The van der Waals surface area contributed by atoms with Crippen molar-refractivity contribution in [2.24, 2.45) is 0 Å². The number of nitrogens with zero attached hydrogens (tertiary/aromatic N) is 6. The maximum Gasteiger partial charge on any atom is 0.359 e. The Labute approximate surface area is 242 Å². The van der Waals surface area contributed by atoms with Crippen molar-refractivity contribution in [3.05, 3.63) is 97.0 Å². The van der Waals surface area contributed by atoms with Crippen LogP contribution in [0.5, 0.6) is 0 Å². The van der Waals surface area contributed by atoms with Crippen molar-refractivity contribution in [3.8, 4) is 11.8 Å². The number of nitriles is 1. The van der Waals surface area contributed by atoms with Crippen LogP contribution < -0.4 is 22.0 Å². The van der Waals surface area contributed by atoms with Crippen molar-refractivity contribution >= 4 is 49.9 Å². The second-order valence-electron chi connectivity index (χ2n) is 8.91. The second-order valence-corrected chi connectivity index (χ2v) is 10.3. The maximum atomic E-state index is 14.3. The maximum absolute atomic E-state index is 14.3. The molecule has 0 saturated carbocycles. The molecule has 2 N–H and O–H groups in total. The first kappa shape index (κ1) is 28.7. The first-order chi connectivity index (χ1) is 20.0. The molecule has 5 rings (SSSR count). The quantitative estimate of drug-likeness (QED) is 0.234. The predicted octanol–water partition coefficient (Wildman–Crippen LogP) is 4.98. The molecule has 42 heavy (non-hydrogen) atoms. The zero-order valence-electron chi connectivity index (χ0n) is 21.3. The monoisotopic (exact) mass is 616 g/mol. The highest BCUT2D eigenvalue weighted by Crippen LogP contribution is 2.34. The molecule has 0 spiro atoms. The van der Waals surface area contributed by atoms with Gasteiger partial charge < -0.3 is 10.6 Å². The molecule has 0 unspecified atom stereocenters. The summed E-state index contributed by atoms with van der Waals surface area (Å²) in [6.07, 6.45) is 0.221. The fourth-order valence-corrected chi connectivity index (χ4v) is 5.12. The molecule has 16 heteroatoms. The molecule has 0 saturated heterocycles. The van der Waals surface area contributed by atoms with Gasteiger partial charge in [0.25, 0.3) is 6.43 Å². The van der Waals surface area contributed by atoms with E-state index in [1.165, 1.54) is 30.6 Å². The molecule has 0 aliphatic heterocycles. The Bertz CT molecular complexity index is 2000. The van der Waals surface area contributed by atoms with Crippen molar-refractivity contribution < 1.29 is 17.6 Å². The molecule has 3 aromatic heterocycles. The molecule has 214 valence electrons. The van der Waals surface area contributed by atoms with Crippen LogP contribution in [0.25, 0.3) is 15.9 Å². The van der Waals surface area contributed by atoms with E-state index in [-0.39, 0.29) is 33.0 Å². The average Bonchev–Trinajstić information content (AvgIpc) is 3.33. The molecule has 0 aliphatic carbocycles. The van der Waals surface area contributed by atoms with Crippen molar-refractivity contribution in [3.63, 3.8) is 0 Å². The van der Waals surface area contributed by atoms with Gasteiger partial charge in [0.2, 0.25) is 5.95 Å². The van der Waals surface area contributed by atoms with Crippen LogP contribution in [0.3, 0.4) is 0 Å². The molecular formula is C26H17ClF4N8O2S. The van der Waals surface area contributed by atoms with Crippen LogP contribution in [0.15, 0.2) is 52.3 Å². The zero-order chi connectivity index (χ0) is 30.1. The molecular weight excluding hydrogens is 600 g/mol. The summed E-state index contributed by atoms with van der Waals surface area (Å²) in [7, 11) is 0. The first-order valence-corrected chi connectivity index (χ1v) is 13.2. The Morgan fingerprint density at radius 1 is 1.12 bits per heavy atom. The average molecular weight is 617 g/mol. The number of alkyl halides is 2. The third-order valence-corrected chi connectivity index (χ3v) is 7.16. The van der Waals surface area contributed by atoms with Crippen LogP contribution in [0.1, 0.15) is 16.7 Å². The van der Waals surface area contributed by atoms with Gasteiger partial charge in [-0.25, -0.2) is 36.7 Å². The smallest absolute Gasteiger partial charge is 0.356 e. The van der Waals surface area contributed by atoms with Gasteiger partial charge in [0.15, 0.2) is 16.8 Å². The lowest BCUT2D eigenvalue weighted by Gasteiger charge is -2.16. The van der Waals surface area contributed by atoms with Crippen LogP contribution in [-0.4, -0.2) is 37.1 Å². The SMILES string of the molecule is Cc1cncc(-n2c(=O)nc(Nc3cc4sc(NCC(F)F)nc4cc3Cl)n(Cc3cc(F)c(F)c(C#N)c3)c2=O)c1. The summed E-state index contributed by atoms with van der Waals surface area (Å²) < 4.78 is 55.7. The summed E-state index contributed by atoms with van der Waals surface area (Å²) in [4.78, 5) is 39.1. The van der Waals surface area contributed by atoms with E-state index in [0.717, 1.165) is 32.6 Å². The van der Waals surface area contributed by atoms with E-state index in [0.29, 0.717) is 15.8 Å². The van der Waals surface area contributed by atoms with Crippen LogP contribution in [0.4, 0.5) is 34.3 Å². The van der Waals surface area contributed by atoms with Crippen molar-refractivity contribution in [1.29, 1.82) is 5.26 Å². The molecule has 3 heterocycles. The van der Waals surface area contributed by atoms with E-state index in [1.807, 2.05) is 0 Å². The molecule has 0 atom stereocenters. The van der Waals surface area contributed by atoms with Gasteiger partial charge in [0.1, 0.15) is 6.07 Å². The van der Waals surface area contributed by atoms with Gasteiger partial charge in [-0.1, -0.05) is 22.9 Å². The summed E-state index contributed by atoms with van der Waals surface area (Å²) in [5.74, 6) is -2.94. The summed E-state index contributed by atoms with van der Waals surface area (Å²) in [6.45, 7) is 0.681. The normalized spacial score (nSPS) is 11.2. The van der Waals surface area contributed by atoms with Crippen molar-refractivity contribution in [2.75, 3.05) is 17.2 Å². The molecule has 10 nitrogen and oxygen atoms in total. The third-order valence-electron chi connectivity index (χ3n) is 5.87. The number of hydrogen-bond acceptors (Lipinski definition) is 9. The summed E-state index contributed by atoms with van der Waals surface area (Å²) in [6, 6.07) is 7.97. The standard InChI is InChI=1S/C26H17ClF4N8O2S/c1-12-2-15(9-33-8-12)39-25(40)37-23(38(26(39)41)11-13-3-14(7-32)22(31)17(28)4-13)35-18-6-20-19(5-16(18)27)36-24(42-20)34-10-21(29)30/h2-6,8-9,21H,10-11H2,1H3,(H,34,36)(H,35,37,40). The Morgan fingerprint density at radius 2 is 1.90 bits per heavy atom. The van der Waals surface area contributed by atoms with E-state index < -0.39 is 48.1 Å². The highest BCUT2D eigenvalue weighted by atomic mass is 35.5. The van der Waals surface area contributed by atoms with Crippen LogP contribution in [0.2, 0.25) is 5.02 Å². The van der Waals surface area contributed by atoms with E-state index in [9.17, 15) is 32.4 Å². The van der Waals surface area contributed by atoms with Crippen LogP contribution in [-0.2, 0) is 6.54 Å². The number of halogens is 5. The predicted molar refractivity (Wildman–Crippen MR) is 149 cm³/mol. The minimum Gasteiger partial charge on any atom is -0.356 e. The number of anilines is 3. The number of nitrogens with one attached hydrogen (secondary N) is 2. The first-order valence-electron chi connectivity index (χ1n) is 12.0. The van der Waals surface area contributed by atoms with Gasteiger partial charge >= 0.3 is 11.4 Å². The second kappa shape index (κ2) is 11.6. The number of thiazole rings is 1. The largest absolute Gasteiger partial charge is 0.359 e. The number of rotatable bonds is 8. The summed E-state index contributed by atoms with van der Waals surface area (Å²) >= 11 is 7.50. The Morgan fingerprint density at radius 3 is 2.62 bits per heavy atom. The lowest BCUT2D eigenvalue weighted by molar-refractivity contribution is 0.163. The highest BCUT2D eigenvalue weighted by molar-refractivity contribution is 7.22. The number of aryl methyl sites for hydroxylation is 1. The van der Waals surface area contributed by atoms with E-state index in [2.05, 4.69) is 25.6 Å². The number of benzene rings is 2. The topological polar surface area (TPSA) is 131 Å². The van der Waals surface area contributed by atoms with Crippen LogP contribution >= 0.6 is 22.9 Å². The zero-order valence-corrected chi connectivity index (χ0v) is 22.9. The third kappa shape index (κ3) is 5.80. The number of fused-ring (bicyclic) bond motifs is 1. The molecule has 5 aromatic rings. The van der Waals surface area contributed by atoms with Gasteiger partial charge in [0, 0.05) is 6.20 Å². The summed E-state index contributed by atoms with van der Waals surface area (Å²) in [5.41, 5.74) is -1.05. The summed E-state index contributed by atoms with van der Waals surface area (Å²) in [5, 5.41) is 14.9. The Kier molecular flexibility index (Phi) is 7.92. The van der Waals surface area contributed by atoms with Crippen molar-refractivity contribution in [2.45, 2.75) is 19.9 Å². The fraction of sp³-hybridized carbons (Fsp3) is 0.154. The van der Waals surface area contributed by atoms with Gasteiger partial charge in [0.05, 0.1) is 51.5 Å². The molecule has 0 radical (unpaired) electrons. The minimum absolute atomic E-state index is 0.0312. The van der Waals surface area contributed by atoms with Crippen LogP contribution in [0, 0.1) is 29.9 Å². The van der Waals surface area contributed by atoms with Gasteiger partial charge in [-0.15, -0.1) is 0 Å². The van der Waals surface area contributed by atoms with E-state index in [1.54, 1.807) is 13.0 Å². The minimum atomic E-state index is -2.59. The lowest BCUT2D eigenvalue weighted by atomic mass is 10.1. The lowest BCUT2D eigenvalue weighted by Crippen LogP contribution is -2.41. The number of pyridine rings is 1. The molecule has 2 aromatic carbocycles. The molecule has 0 amide bonds. The number of aromatic nitrogens is 5. The molecule has 0 fully saturated rings. The Hall–Kier alpha value is -4.81. The number of hydrogen-bond donors (Lipinski definition) is 2. The van der Waals surface area contributed by atoms with E-state index >= 15 is 0 Å². The fourth-order valence-electron chi connectivity index (χ4n) is 4.02. The van der Waals surface area contributed by atoms with Gasteiger partial charge in [-0.3, -0.25) is 9.55 Å². The Balaban J connectivity index is 1.63. The van der Waals surface area contributed by atoms with Gasteiger partial charge in [-0.05, 0) is 48.4 Å². The molecule has 0 aliphatic rings. The highest BCUT2D eigenvalue weighted by Gasteiger charge is 2.19. The van der Waals surface area contributed by atoms with Crippen molar-refractivity contribution in [1.82, 2.24) is 24.1 Å². The van der Waals surface area contributed by atoms with Gasteiger partial charge in [-0.2, -0.15) is 10.2 Å². The van der Waals surface area contributed by atoms with E-state index in [4.69, 9.17) is 11.6 Å².